The SMILES string of the molecule is Cc1c(N)cccc1NC(C)CCc1ccco1. The van der Waals surface area contributed by atoms with Gasteiger partial charge in [-0.1, -0.05) is 6.07 Å². The Labute approximate surface area is 108 Å². The van der Waals surface area contributed by atoms with Crippen molar-refractivity contribution >= 4 is 11.4 Å². The predicted octanol–water partition coefficient (Wildman–Crippen LogP) is 3.60. The van der Waals surface area contributed by atoms with Gasteiger partial charge >= 0.3 is 0 Å². The van der Waals surface area contributed by atoms with Crippen molar-refractivity contribution < 1.29 is 4.42 Å². The molecule has 3 nitrogen and oxygen atoms in total. The van der Waals surface area contributed by atoms with E-state index in [0.29, 0.717) is 6.04 Å². The van der Waals surface area contributed by atoms with Gasteiger partial charge in [-0.05, 0) is 50.1 Å². The van der Waals surface area contributed by atoms with Gasteiger partial charge in [0.05, 0.1) is 6.26 Å². The third kappa shape index (κ3) is 3.06. The molecular weight excluding hydrogens is 224 g/mol. The Hall–Kier alpha value is -1.90. The number of nitrogen functional groups attached to an aromatic ring is 1. The molecule has 2 aromatic rings. The van der Waals surface area contributed by atoms with Crippen LogP contribution in [0.2, 0.25) is 0 Å². The van der Waals surface area contributed by atoms with Crippen LogP contribution in [0.5, 0.6) is 0 Å². The van der Waals surface area contributed by atoms with Gasteiger partial charge in [0, 0.05) is 23.8 Å². The van der Waals surface area contributed by atoms with Gasteiger partial charge in [-0.25, -0.2) is 0 Å². The Morgan fingerprint density at radius 3 is 2.83 bits per heavy atom. The number of nitrogens with two attached hydrogens (primary N) is 1. The lowest BCUT2D eigenvalue weighted by Crippen LogP contribution is -2.16. The molecule has 0 aliphatic rings. The number of hydrogen-bond donors (Lipinski definition) is 2. The molecule has 0 bridgehead atoms. The molecule has 1 aromatic carbocycles. The number of benzene rings is 1. The van der Waals surface area contributed by atoms with E-state index < -0.39 is 0 Å². The van der Waals surface area contributed by atoms with Crippen molar-refractivity contribution in [2.45, 2.75) is 32.7 Å². The lowest BCUT2D eigenvalue weighted by molar-refractivity contribution is 0.495. The first-order chi connectivity index (χ1) is 8.66. The molecule has 1 atom stereocenters. The summed E-state index contributed by atoms with van der Waals surface area (Å²) in [5.74, 6) is 1.04. The highest BCUT2D eigenvalue weighted by molar-refractivity contribution is 5.63. The van der Waals surface area contributed by atoms with E-state index in [0.717, 1.165) is 35.5 Å². The Kier molecular flexibility index (Phi) is 3.92. The number of aryl methyl sites for hydroxylation is 1. The van der Waals surface area contributed by atoms with Gasteiger partial charge < -0.3 is 15.5 Å². The Morgan fingerprint density at radius 2 is 2.11 bits per heavy atom. The molecule has 96 valence electrons. The van der Waals surface area contributed by atoms with Crippen molar-refractivity contribution in [3.8, 4) is 0 Å². The fraction of sp³-hybridized carbons (Fsp3) is 0.333. The molecule has 0 spiro atoms. The van der Waals surface area contributed by atoms with Gasteiger partial charge in [-0.2, -0.15) is 0 Å². The van der Waals surface area contributed by atoms with Crippen LogP contribution in [0.1, 0.15) is 24.7 Å². The molecule has 2 rings (SSSR count). The zero-order valence-corrected chi connectivity index (χ0v) is 10.9. The average Bonchev–Trinajstić information content (AvgIpc) is 2.86. The molecule has 1 aromatic heterocycles. The van der Waals surface area contributed by atoms with E-state index in [2.05, 4.69) is 18.3 Å². The second-order valence-corrected chi connectivity index (χ2v) is 4.68. The third-order valence-electron chi connectivity index (χ3n) is 3.18. The van der Waals surface area contributed by atoms with Crippen LogP contribution in [0.3, 0.4) is 0 Å². The summed E-state index contributed by atoms with van der Waals surface area (Å²) in [6.07, 6.45) is 3.69. The summed E-state index contributed by atoms with van der Waals surface area (Å²) in [4.78, 5) is 0. The Bertz CT molecular complexity index is 491. The summed E-state index contributed by atoms with van der Waals surface area (Å²) in [5, 5.41) is 3.49. The van der Waals surface area contributed by atoms with Gasteiger partial charge in [0.25, 0.3) is 0 Å². The molecular formula is C15H20N2O. The molecule has 0 radical (unpaired) electrons. The summed E-state index contributed by atoms with van der Waals surface area (Å²) in [7, 11) is 0. The normalized spacial score (nSPS) is 12.3. The topological polar surface area (TPSA) is 51.2 Å². The zero-order valence-electron chi connectivity index (χ0n) is 10.9. The van der Waals surface area contributed by atoms with E-state index in [1.165, 1.54) is 0 Å². The molecule has 3 N–H and O–H groups in total. The minimum atomic E-state index is 0.385. The quantitative estimate of drug-likeness (QED) is 0.790. The summed E-state index contributed by atoms with van der Waals surface area (Å²) in [6.45, 7) is 4.21. The highest BCUT2D eigenvalue weighted by Gasteiger charge is 2.07. The van der Waals surface area contributed by atoms with E-state index in [4.69, 9.17) is 10.2 Å². The standard InChI is InChI=1S/C15H20N2O/c1-11(8-9-13-5-4-10-18-13)17-15-7-3-6-14(16)12(15)2/h3-7,10-11,17H,8-9,16H2,1-2H3. The van der Waals surface area contributed by atoms with Crippen molar-refractivity contribution in [3.05, 3.63) is 47.9 Å². The van der Waals surface area contributed by atoms with E-state index in [1.54, 1.807) is 6.26 Å². The van der Waals surface area contributed by atoms with Crippen LogP contribution in [-0.2, 0) is 6.42 Å². The maximum absolute atomic E-state index is 5.89. The second kappa shape index (κ2) is 5.63. The molecule has 0 amide bonds. The summed E-state index contributed by atoms with van der Waals surface area (Å²) in [5.41, 5.74) is 8.95. The highest BCUT2D eigenvalue weighted by Crippen LogP contribution is 2.22. The van der Waals surface area contributed by atoms with Crippen LogP contribution in [0.25, 0.3) is 0 Å². The molecule has 0 saturated heterocycles. The molecule has 0 fully saturated rings. The van der Waals surface area contributed by atoms with E-state index in [9.17, 15) is 0 Å². The average molecular weight is 244 g/mol. The zero-order chi connectivity index (χ0) is 13.0. The monoisotopic (exact) mass is 244 g/mol. The predicted molar refractivity (Wildman–Crippen MR) is 75.7 cm³/mol. The molecule has 1 unspecified atom stereocenters. The fourth-order valence-corrected chi connectivity index (χ4v) is 1.96. The highest BCUT2D eigenvalue weighted by atomic mass is 16.3. The van der Waals surface area contributed by atoms with Crippen molar-refractivity contribution in [1.29, 1.82) is 0 Å². The maximum Gasteiger partial charge on any atom is 0.103 e. The van der Waals surface area contributed by atoms with Gasteiger partial charge in [0.2, 0.25) is 0 Å². The first-order valence-electron chi connectivity index (χ1n) is 6.31. The maximum atomic E-state index is 5.89. The number of anilines is 2. The van der Waals surface area contributed by atoms with E-state index in [1.807, 2.05) is 31.2 Å². The van der Waals surface area contributed by atoms with Crippen molar-refractivity contribution in [3.63, 3.8) is 0 Å². The van der Waals surface area contributed by atoms with Crippen LogP contribution in [0, 0.1) is 6.92 Å². The van der Waals surface area contributed by atoms with Crippen LogP contribution in [0.15, 0.2) is 41.0 Å². The lowest BCUT2D eigenvalue weighted by Gasteiger charge is -2.17. The molecule has 18 heavy (non-hydrogen) atoms. The van der Waals surface area contributed by atoms with E-state index in [-0.39, 0.29) is 0 Å². The number of furan rings is 1. The number of nitrogens with one attached hydrogen (secondary N) is 1. The van der Waals surface area contributed by atoms with Crippen molar-refractivity contribution in [1.82, 2.24) is 0 Å². The Balaban J connectivity index is 1.90. The molecule has 0 aliphatic heterocycles. The fourth-order valence-electron chi connectivity index (χ4n) is 1.96. The van der Waals surface area contributed by atoms with Crippen LogP contribution in [-0.4, -0.2) is 6.04 Å². The molecule has 1 heterocycles. The first kappa shape index (κ1) is 12.6. The van der Waals surface area contributed by atoms with Crippen LogP contribution < -0.4 is 11.1 Å². The van der Waals surface area contributed by atoms with Gasteiger partial charge in [0.1, 0.15) is 5.76 Å². The largest absolute Gasteiger partial charge is 0.469 e. The van der Waals surface area contributed by atoms with E-state index >= 15 is 0 Å². The Morgan fingerprint density at radius 1 is 1.28 bits per heavy atom. The third-order valence-corrected chi connectivity index (χ3v) is 3.18. The summed E-state index contributed by atoms with van der Waals surface area (Å²) >= 11 is 0. The van der Waals surface area contributed by atoms with Gasteiger partial charge in [-0.3, -0.25) is 0 Å². The van der Waals surface area contributed by atoms with Crippen molar-refractivity contribution in [2.24, 2.45) is 0 Å². The minimum Gasteiger partial charge on any atom is -0.469 e. The molecule has 0 saturated carbocycles. The van der Waals surface area contributed by atoms with Gasteiger partial charge in [-0.15, -0.1) is 0 Å². The smallest absolute Gasteiger partial charge is 0.103 e. The number of hydrogen-bond acceptors (Lipinski definition) is 3. The lowest BCUT2D eigenvalue weighted by atomic mass is 10.1. The number of rotatable bonds is 5. The van der Waals surface area contributed by atoms with Crippen LogP contribution >= 0.6 is 0 Å². The first-order valence-corrected chi connectivity index (χ1v) is 6.31. The molecule has 0 aliphatic carbocycles. The summed E-state index contributed by atoms with van der Waals surface area (Å²) in [6, 6.07) is 10.3. The minimum absolute atomic E-state index is 0.385. The second-order valence-electron chi connectivity index (χ2n) is 4.68. The van der Waals surface area contributed by atoms with Crippen LogP contribution in [0.4, 0.5) is 11.4 Å². The van der Waals surface area contributed by atoms with Gasteiger partial charge in [0.15, 0.2) is 0 Å². The molecule has 3 heteroatoms. The summed E-state index contributed by atoms with van der Waals surface area (Å²) < 4.78 is 5.33. The van der Waals surface area contributed by atoms with Crippen molar-refractivity contribution in [2.75, 3.05) is 11.1 Å².